The summed E-state index contributed by atoms with van der Waals surface area (Å²) in [6.07, 6.45) is 2.64. The molecule has 88 valence electrons. The van der Waals surface area contributed by atoms with Crippen LogP contribution in [-0.2, 0) is 0 Å². The molecule has 0 atom stereocenters. The van der Waals surface area contributed by atoms with Gasteiger partial charge >= 0.3 is 0 Å². The van der Waals surface area contributed by atoms with Crippen molar-refractivity contribution in [3.05, 3.63) is 27.7 Å². The Morgan fingerprint density at radius 3 is 2.81 bits per heavy atom. The smallest absolute Gasteiger partial charge is 0.137 e. The van der Waals surface area contributed by atoms with Gasteiger partial charge in [-0.2, -0.15) is 0 Å². The van der Waals surface area contributed by atoms with Crippen LogP contribution in [0, 0.1) is 0 Å². The standard InChI is InChI=1S/C11H13BrClNOS/c12-8-4-5-10(9(13)7-8)15-6-2-1-3-11(14)16/h4-5,7H,1-3,6H2,(H2,14,16). The van der Waals surface area contributed by atoms with E-state index in [-0.39, 0.29) is 0 Å². The number of hydrogen-bond acceptors (Lipinski definition) is 2. The van der Waals surface area contributed by atoms with Crippen molar-refractivity contribution in [3.8, 4) is 5.75 Å². The average Bonchev–Trinajstić information content (AvgIpc) is 2.20. The van der Waals surface area contributed by atoms with Gasteiger partial charge in [0, 0.05) is 4.47 Å². The Balaban J connectivity index is 2.29. The molecule has 0 radical (unpaired) electrons. The van der Waals surface area contributed by atoms with Crippen LogP contribution in [-0.4, -0.2) is 11.6 Å². The normalized spacial score (nSPS) is 10.1. The summed E-state index contributed by atoms with van der Waals surface area (Å²) >= 11 is 14.1. The van der Waals surface area contributed by atoms with E-state index in [0.717, 1.165) is 23.7 Å². The zero-order chi connectivity index (χ0) is 12.0. The van der Waals surface area contributed by atoms with E-state index in [2.05, 4.69) is 15.9 Å². The van der Waals surface area contributed by atoms with Gasteiger partial charge in [-0.3, -0.25) is 0 Å². The first-order valence-corrected chi connectivity index (χ1v) is 6.53. The molecule has 0 amide bonds. The van der Waals surface area contributed by atoms with Gasteiger partial charge in [0.1, 0.15) is 5.75 Å². The molecule has 0 bridgehead atoms. The van der Waals surface area contributed by atoms with Crippen LogP contribution >= 0.6 is 39.7 Å². The molecule has 1 rings (SSSR count). The number of unbranched alkanes of at least 4 members (excludes halogenated alkanes) is 1. The van der Waals surface area contributed by atoms with E-state index in [1.54, 1.807) is 0 Å². The predicted molar refractivity (Wildman–Crippen MR) is 75.3 cm³/mol. The van der Waals surface area contributed by atoms with Crippen LogP contribution in [0.1, 0.15) is 19.3 Å². The fourth-order valence-corrected chi connectivity index (χ4v) is 2.05. The number of rotatable bonds is 6. The highest BCUT2D eigenvalue weighted by atomic mass is 79.9. The molecule has 0 saturated carbocycles. The van der Waals surface area contributed by atoms with Gasteiger partial charge in [0.2, 0.25) is 0 Å². The van der Waals surface area contributed by atoms with E-state index in [1.807, 2.05) is 18.2 Å². The summed E-state index contributed by atoms with van der Waals surface area (Å²) in [7, 11) is 0. The predicted octanol–water partition coefficient (Wildman–Crippen LogP) is 3.94. The Bertz CT molecular complexity index is 373. The lowest BCUT2D eigenvalue weighted by molar-refractivity contribution is 0.308. The Kier molecular flexibility index (Phi) is 6.09. The number of halogens is 2. The van der Waals surface area contributed by atoms with Crippen molar-refractivity contribution >= 4 is 44.7 Å². The monoisotopic (exact) mass is 321 g/mol. The highest BCUT2D eigenvalue weighted by Crippen LogP contribution is 2.27. The molecule has 16 heavy (non-hydrogen) atoms. The molecule has 0 saturated heterocycles. The molecule has 0 spiro atoms. The second kappa shape index (κ2) is 7.09. The zero-order valence-electron chi connectivity index (χ0n) is 8.71. The zero-order valence-corrected chi connectivity index (χ0v) is 11.9. The molecule has 0 aliphatic rings. The molecule has 0 aromatic heterocycles. The van der Waals surface area contributed by atoms with E-state index >= 15 is 0 Å². The highest BCUT2D eigenvalue weighted by molar-refractivity contribution is 9.10. The van der Waals surface area contributed by atoms with Crippen molar-refractivity contribution in [2.45, 2.75) is 19.3 Å². The summed E-state index contributed by atoms with van der Waals surface area (Å²) in [6.45, 7) is 0.629. The van der Waals surface area contributed by atoms with Crippen LogP contribution in [0.3, 0.4) is 0 Å². The van der Waals surface area contributed by atoms with Crippen LogP contribution < -0.4 is 10.5 Å². The lowest BCUT2D eigenvalue weighted by Crippen LogP contribution is -2.08. The summed E-state index contributed by atoms with van der Waals surface area (Å²) in [5, 5.41) is 0.615. The number of ether oxygens (including phenoxy) is 1. The average molecular weight is 323 g/mol. The largest absolute Gasteiger partial charge is 0.492 e. The molecule has 0 aliphatic carbocycles. The fraction of sp³-hybridized carbons (Fsp3) is 0.364. The number of benzene rings is 1. The lowest BCUT2D eigenvalue weighted by atomic mass is 10.2. The van der Waals surface area contributed by atoms with Gasteiger partial charge in [-0.05, 0) is 37.5 Å². The molecule has 5 heteroatoms. The highest BCUT2D eigenvalue weighted by Gasteiger charge is 2.01. The Morgan fingerprint density at radius 1 is 1.44 bits per heavy atom. The van der Waals surface area contributed by atoms with Crippen molar-refractivity contribution in [1.82, 2.24) is 0 Å². The molecular weight excluding hydrogens is 310 g/mol. The van der Waals surface area contributed by atoms with Gasteiger partial charge in [0.05, 0.1) is 16.6 Å². The van der Waals surface area contributed by atoms with E-state index in [0.29, 0.717) is 22.4 Å². The maximum Gasteiger partial charge on any atom is 0.137 e. The van der Waals surface area contributed by atoms with Gasteiger partial charge < -0.3 is 10.5 Å². The van der Waals surface area contributed by atoms with Crippen LogP contribution in [0.25, 0.3) is 0 Å². The maximum atomic E-state index is 6.00. The van der Waals surface area contributed by atoms with Crippen molar-refractivity contribution in [3.63, 3.8) is 0 Å². The van der Waals surface area contributed by atoms with E-state index in [4.69, 9.17) is 34.3 Å². The first kappa shape index (κ1) is 13.7. The SMILES string of the molecule is NC(=S)CCCCOc1ccc(Br)cc1Cl. The van der Waals surface area contributed by atoms with Crippen molar-refractivity contribution < 1.29 is 4.74 Å². The molecule has 0 heterocycles. The Labute approximate surface area is 114 Å². The van der Waals surface area contributed by atoms with Gasteiger partial charge in [-0.1, -0.05) is 39.7 Å². The molecule has 0 fully saturated rings. The maximum absolute atomic E-state index is 6.00. The van der Waals surface area contributed by atoms with Crippen molar-refractivity contribution in [2.24, 2.45) is 5.73 Å². The molecular formula is C11H13BrClNOS. The third-order valence-corrected chi connectivity index (χ3v) is 2.96. The first-order valence-electron chi connectivity index (χ1n) is 4.96. The van der Waals surface area contributed by atoms with Crippen molar-refractivity contribution in [2.75, 3.05) is 6.61 Å². The Morgan fingerprint density at radius 2 is 2.19 bits per heavy atom. The number of hydrogen-bond donors (Lipinski definition) is 1. The third kappa shape index (κ3) is 5.14. The van der Waals surface area contributed by atoms with Crippen molar-refractivity contribution in [1.29, 1.82) is 0 Å². The fourth-order valence-electron chi connectivity index (χ4n) is 1.18. The topological polar surface area (TPSA) is 35.2 Å². The minimum atomic E-state index is 0.557. The number of thiocarbonyl (C=S) groups is 1. The summed E-state index contributed by atoms with van der Waals surface area (Å²) < 4.78 is 6.48. The summed E-state index contributed by atoms with van der Waals surface area (Å²) in [5.74, 6) is 0.709. The lowest BCUT2D eigenvalue weighted by Gasteiger charge is -2.07. The molecule has 0 aliphatic heterocycles. The quantitative estimate of drug-likeness (QED) is 0.636. The minimum absolute atomic E-state index is 0.557. The van der Waals surface area contributed by atoms with Gasteiger partial charge in [0.15, 0.2) is 0 Å². The summed E-state index contributed by atoms with van der Waals surface area (Å²) in [4.78, 5) is 0.557. The molecule has 1 aromatic carbocycles. The van der Waals surface area contributed by atoms with Crippen LogP contribution in [0.2, 0.25) is 5.02 Å². The molecule has 1 aromatic rings. The molecule has 2 nitrogen and oxygen atoms in total. The van der Waals surface area contributed by atoms with Gasteiger partial charge in [0.25, 0.3) is 0 Å². The van der Waals surface area contributed by atoms with E-state index < -0.39 is 0 Å². The van der Waals surface area contributed by atoms with Crippen LogP contribution in [0.5, 0.6) is 5.75 Å². The van der Waals surface area contributed by atoms with Crippen LogP contribution in [0.15, 0.2) is 22.7 Å². The molecule has 2 N–H and O–H groups in total. The minimum Gasteiger partial charge on any atom is -0.492 e. The summed E-state index contributed by atoms with van der Waals surface area (Å²) in [6, 6.07) is 5.56. The Hall–Kier alpha value is -0.320. The second-order valence-corrected chi connectivity index (χ2v) is 5.19. The third-order valence-electron chi connectivity index (χ3n) is 1.97. The summed E-state index contributed by atoms with van der Waals surface area (Å²) in [5.41, 5.74) is 5.39. The second-order valence-electron chi connectivity index (χ2n) is 3.35. The van der Waals surface area contributed by atoms with Gasteiger partial charge in [-0.15, -0.1) is 0 Å². The number of nitrogens with two attached hydrogens (primary N) is 1. The van der Waals surface area contributed by atoms with Crippen LogP contribution in [0.4, 0.5) is 0 Å². The van der Waals surface area contributed by atoms with E-state index in [9.17, 15) is 0 Å². The first-order chi connectivity index (χ1) is 7.59. The molecule has 0 unspecified atom stereocenters. The van der Waals surface area contributed by atoms with E-state index in [1.165, 1.54) is 0 Å². The van der Waals surface area contributed by atoms with Gasteiger partial charge in [-0.25, -0.2) is 0 Å².